The maximum Gasteiger partial charge on any atom is 0.251 e. The molecular formula is C16H24N2O3. The highest BCUT2D eigenvalue weighted by atomic mass is 16.5. The van der Waals surface area contributed by atoms with Crippen molar-refractivity contribution in [2.24, 2.45) is 5.73 Å². The molecule has 0 radical (unpaired) electrons. The fourth-order valence-electron chi connectivity index (χ4n) is 1.83. The van der Waals surface area contributed by atoms with E-state index in [1.54, 1.807) is 25.1 Å². The second-order valence-corrected chi connectivity index (χ2v) is 5.10. The van der Waals surface area contributed by atoms with Crippen LogP contribution in [0.25, 0.3) is 0 Å². The third-order valence-electron chi connectivity index (χ3n) is 3.33. The van der Waals surface area contributed by atoms with E-state index < -0.39 is 0 Å². The quantitative estimate of drug-likeness (QED) is 0.717. The molecule has 1 rings (SSSR count). The van der Waals surface area contributed by atoms with Gasteiger partial charge in [-0.05, 0) is 31.5 Å². The topological polar surface area (TPSA) is 81.4 Å². The zero-order valence-corrected chi connectivity index (χ0v) is 12.9. The molecule has 0 saturated carbocycles. The Hall–Kier alpha value is -1.88. The molecule has 0 fully saturated rings. The van der Waals surface area contributed by atoms with E-state index in [9.17, 15) is 9.59 Å². The molecule has 3 N–H and O–H groups in total. The van der Waals surface area contributed by atoms with Gasteiger partial charge in [0.05, 0.1) is 0 Å². The number of carbonyl (C=O) groups is 2. The minimum absolute atomic E-state index is 0.109. The van der Waals surface area contributed by atoms with Gasteiger partial charge in [0.15, 0.2) is 0 Å². The standard InChI is InChI=1S/C16H24N2O3/c1-4-12(3)18-16(20)13-5-6-15(21-8-7-17)14(9-13)11(2)10-19/h5-6,9-12H,4,7-8,17H2,1-3H3,(H,18,20). The van der Waals surface area contributed by atoms with E-state index in [4.69, 9.17) is 10.5 Å². The van der Waals surface area contributed by atoms with Crippen molar-refractivity contribution in [3.63, 3.8) is 0 Å². The van der Waals surface area contributed by atoms with Crippen LogP contribution in [0.2, 0.25) is 0 Å². The van der Waals surface area contributed by atoms with Gasteiger partial charge >= 0.3 is 0 Å². The molecule has 0 spiro atoms. The van der Waals surface area contributed by atoms with Crippen LogP contribution in [-0.4, -0.2) is 31.4 Å². The summed E-state index contributed by atoms with van der Waals surface area (Å²) in [6.45, 7) is 6.50. The summed E-state index contributed by atoms with van der Waals surface area (Å²) in [6, 6.07) is 5.24. The molecule has 0 aliphatic carbocycles. The molecule has 0 bridgehead atoms. The van der Waals surface area contributed by atoms with Gasteiger partial charge in [-0.25, -0.2) is 0 Å². The number of rotatable bonds is 8. The monoisotopic (exact) mass is 292 g/mol. The summed E-state index contributed by atoms with van der Waals surface area (Å²) in [7, 11) is 0. The molecule has 21 heavy (non-hydrogen) atoms. The summed E-state index contributed by atoms with van der Waals surface area (Å²) in [4.78, 5) is 23.2. The number of nitrogens with two attached hydrogens (primary N) is 1. The molecule has 5 nitrogen and oxygen atoms in total. The van der Waals surface area contributed by atoms with Crippen molar-refractivity contribution in [2.75, 3.05) is 13.2 Å². The first kappa shape index (κ1) is 17.2. The van der Waals surface area contributed by atoms with Gasteiger partial charge in [-0.1, -0.05) is 13.8 Å². The maximum absolute atomic E-state index is 12.1. The molecule has 0 saturated heterocycles. The van der Waals surface area contributed by atoms with Gasteiger partial charge in [-0.2, -0.15) is 0 Å². The molecule has 2 unspecified atom stereocenters. The summed E-state index contributed by atoms with van der Waals surface area (Å²) in [6.07, 6.45) is 1.70. The number of ether oxygens (including phenoxy) is 1. The Bertz CT molecular complexity index is 488. The van der Waals surface area contributed by atoms with E-state index in [1.165, 1.54) is 0 Å². The summed E-state index contributed by atoms with van der Waals surface area (Å²) >= 11 is 0. The molecule has 0 aliphatic rings. The fourth-order valence-corrected chi connectivity index (χ4v) is 1.83. The number of aldehydes is 1. The molecule has 0 aromatic heterocycles. The van der Waals surface area contributed by atoms with E-state index in [-0.39, 0.29) is 17.9 Å². The third-order valence-corrected chi connectivity index (χ3v) is 3.33. The van der Waals surface area contributed by atoms with E-state index in [1.807, 2.05) is 13.8 Å². The Labute approximate surface area is 125 Å². The minimum Gasteiger partial charge on any atom is -0.492 e. The van der Waals surface area contributed by atoms with Gasteiger partial charge in [0, 0.05) is 29.6 Å². The molecule has 2 atom stereocenters. The Morgan fingerprint density at radius 3 is 2.71 bits per heavy atom. The van der Waals surface area contributed by atoms with Crippen LogP contribution < -0.4 is 15.8 Å². The zero-order valence-electron chi connectivity index (χ0n) is 12.9. The molecule has 1 amide bonds. The second kappa shape index (κ2) is 8.42. The van der Waals surface area contributed by atoms with Gasteiger partial charge in [-0.3, -0.25) is 4.79 Å². The van der Waals surface area contributed by atoms with Crippen LogP contribution in [0.5, 0.6) is 5.75 Å². The van der Waals surface area contributed by atoms with Crippen molar-refractivity contribution >= 4 is 12.2 Å². The van der Waals surface area contributed by atoms with Crippen LogP contribution >= 0.6 is 0 Å². The van der Waals surface area contributed by atoms with Gasteiger partial charge in [-0.15, -0.1) is 0 Å². The molecule has 1 aromatic rings. The number of amides is 1. The molecule has 116 valence electrons. The van der Waals surface area contributed by atoms with Crippen LogP contribution in [-0.2, 0) is 4.79 Å². The van der Waals surface area contributed by atoms with Crippen molar-refractivity contribution in [2.45, 2.75) is 39.2 Å². The zero-order chi connectivity index (χ0) is 15.8. The fraction of sp³-hybridized carbons (Fsp3) is 0.500. The smallest absolute Gasteiger partial charge is 0.251 e. The maximum atomic E-state index is 12.1. The molecule has 0 aliphatic heterocycles. The SMILES string of the molecule is CCC(C)NC(=O)c1ccc(OCCN)c(C(C)C=O)c1. The first-order valence-electron chi connectivity index (χ1n) is 7.26. The molecule has 5 heteroatoms. The van der Waals surface area contributed by atoms with Crippen LogP contribution in [0.15, 0.2) is 18.2 Å². The van der Waals surface area contributed by atoms with Crippen molar-refractivity contribution in [3.8, 4) is 5.75 Å². The van der Waals surface area contributed by atoms with E-state index in [2.05, 4.69) is 5.32 Å². The van der Waals surface area contributed by atoms with E-state index in [0.717, 1.165) is 12.7 Å². The van der Waals surface area contributed by atoms with Crippen molar-refractivity contribution < 1.29 is 14.3 Å². The average Bonchev–Trinajstić information content (AvgIpc) is 2.51. The predicted molar refractivity (Wildman–Crippen MR) is 82.7 cm³/mol. The third kappa shape index (κ3) is 4.86. The number of benzene rings is 1. The van der Waals surface area contributed by atoms with Crippen LogP contribution in [0.1, 0.15) is 49.0 Å². The largest absolute Gasteiger partial charge is 0.492 e. The summed E-state index contributed by atoms with van der Waals surface area (Å²) in [5.41, 5.74) is 6.66. The summed E-state index contributed by atoms with van der Waals surface area (Å²) in [5.74, 6) is 0.114. The van der Waals surface area contributed by atoms with Crippen molar-refractivity contribution in [3.05, 3.63) is 29.3 Å². The van der Waals surface area contributed by atoms with E-state index >= 15 is 0 Å². The lowest BCUT2D eigenvalue weighted by atomic mass is 9.98. The summed E-state index contributed by atoms with van der Waals surface area (Å²) in [5, 5.41) is 2.90. The van der Waals surface area contributed by atoms with Crippen LogP contribution in [0.4, 0.5) is 0 Å². The lowest BCUT2D eigenvalue weighted by Gasteiger charge is -2.16. The lowest BCUT2D eigenvalue weighted by molar-refractivity contribution is -0.108. The van der Waals surface area contributed by atoms with Crippen molar-refractivity contribution in [1.82, 2.24) is 5.32 Å². The van der Waals surface area contributed by atoms with Gasteiger partial charge in [0.1, 0.15) is 18.6 Å². The number of hydrogen-bond acceptors (Lipinski definition) is 4. The molecule has 0 heterocycles. The average molecular weight is 292 g/mol. The minimum atomic E-state index is -0.339. The van der Waals surface area contributed by atoms with Gasteiger partial charge < -0.3 is 20.6 Å². The Balaban J connectivity index is 3.03. The Morgan fingerprint density at radius 2 is 2.14 bits per heavy atom. The van der Waals surface area contributed by atoms with Gasteiger partial charge in [0.2, 0.25) is 0 Å². The normalized spacial score (nSPS) is 13.3. The number of nitrogens with one attached hydrogen (secondary N) is 1. The first-order valence-corrected chi connectivity index (χ1v) is 7.26. The second-order valence-electron chi connectivity index (χ2n) is 5.10. The predicted octanol–water partition coefficient (Wildman–Crippen LogP) is 1.85. The number of carbonyl (C=O) groups excluding carboxylic acids is 2. The summed E-state index contributed by atoms with van der Waals surface area (Å²) < 4.78 is 5.53. The van der Waals surface area contributed by atoms with Gasteiger partial charge in [0.25, 0.3) is 5.91 Å². The number of hydrogen-bond donors (Lipinski definition) is 2. The molecular weight excluding hydrogens is 268 g/mol. The highest BCUT2D eigenvalue weighted by molar-refractivity contribution is 5.95. The molecule has 1 aromatic carbocycles. The Morgan fingerprint density at radius 1 is 1.43 bits per heavy atom. The Kier molecular flexibility index (Phi) is 6.88. The lowest BCUT2D eigenvalue weighted by Crippen LogP contribution is -2.32. The van der Waals surface area contributed by atoms with Crippen molar-refractivity contribution in [1.29, 1.82) is 0 Å². The highest BCUT2D eigenvalue weighted by Gasteiger charge is 2.16. The first-order chi connectivity index (χ1) is 10.0. The van der Waals surface area contributed by atoms with E-state index in [0.29, 0.717) is 30.0 Å². The van der Waals surface area contributed by atoms with Crippen LogP contribution in [0.3, 0.4) is 0 Å². The highest BCUT2D eigenvalue weighted by Crippen LogP contribution is 2.27. The van der Waals surface area contributed by atoms with Crippen LogP contribution in [0, 0.1) is 0 Å².